The SMILES string of the molecule is C/C(=C\C(CCCN=C(N)N)=C1/Cc2cc(Cl)ccc2N1)Nc1ccc(C)c(Cl)c1. The van der Waals surface area contributed by atoms with Gasteiger partial charge in [0.05, 0.1) is 0 Å². The molecule has 0 saturated carbocycles. The highest BCUT2D eigenvalue weighted by Gasteiger charge is 2.18. The number of benzene rings is 2. The van der Waals surface area contributed by atoms with E-state index in [-0.39, 0.29) is 5.96 Å². The summed E-state index contributed by atoms with van der Waals surface area (Å²) in [6, 6.07) is 11.9. The number of nitrogens with one attached hydrogen (secondary N) is 2. The van der Waals surface area contributed by atoms with E-state index in [1.807, 2.05) is 50.2 Å². The summed E-state index contributed by atoms with van der Waals surface area (Å²) in [5.41, 5.74) is 18.6. The van der Waals surface area contributed by atoms with Gasteiger partial charge >= 0.3 is 0 Å². The Morgan fingerprint density at radius 1 is 1.20 bits per heavy atom. The normalized spacial score (nSPS) is 14.7. The van der Waals surface area contributed by atoms with Crippen molar-refractivity contribution in [2.75, 3.05) is 17.2 Å². The van der Waals surface area contributed by atoms with Gasteiger partial charge in [0.25, 0.3) is 0 Å². The van der Waals surface area contributed by atoms with Crippen LogP contribution in [0.25, 0.3) is 0 Å². The maximum absolute atomic E-state index is 6.26. The molecule has 0 spiro atoms. The van der Waals surface area contributed by atoms with E-state index in [1.165, 1.54) is 16.8 Å². The molecule has 0 radical (unpaired) electrons. The molecule has 0 bridgehead atoms. The largest absolute Gasteiger partial charge is 0.370 e. The molecule has 2 aromatic rings. The van der Waals surface area contributed by atoms with Gasteiger partial charge in [-0.15, -0.1) is 0 Å². The second-order valence-corrected chi connectivity index (χ2v) is 8.28. The maximum Gasteiger partial charge on any atom is 0.185 e. The number of aliphatic imine (C=N–C) groups is 1. The zero-order valence-corrected chi connectivity index (χ0v) is 18.7. The topological polar surface area (TPSA) is 88.5 Å². The average Bonchev–Trinajstić information content (AvgIpc) is 3.10. The summed E-state index contributed by atoms with van der Waals surface area (Å²) in [5, 5.41) is 8.46. The monoisotopic (exact) mass is 443 g/mol. The summed E-state index contributed by atoms with van der Waals surface area (Å²) in [5.74, 6) is 0.120. The van der Waals surface area contributed by atoms with E-state index in [0.717, 1.165) is 51.9 Å². The van der Waals surface area contributed by atoms with Crippen LogP contribution in [0, 0.1) is 6.92 Å². The first kappa shape index (κ1) is 22.1. The first-order valence-electron chi connectivity index (χ1n) is 9.86. The molecule has 3 rings (SSSR count). The molecule has 1 aliphatic rings. The van der Waals surface area contributed by atoms with Crippen molar-refractivity contribution in [3.05, 3.63) is 80.6 Å². The highest BCUT2D eigenvalue weighted by atomic mass is 35.5. The Morgan fingerprint density at radius 2 is 2.00 bits per heavy atom. The minimum absolute atomic E-state index is 0.120. The van der Waals surface area contributed by atoms with Crippen LogP contribution < -0.4 is 22.1 Å². The molecule has 0 unspecified atom stereocenters. The van der Waals surface area contributed by atoms with Crippen LogP contribution in [0.5, 0.6) is 0 Å². The summed E-state index contributed by atoms with van der Waals surface area (Å²) < 4.78 is 0. The van der Waals surface area contributed by atoms with Gasteiger partial charge in [-0.1, -0.05) is 29.3 Å². The first-order chi connectivity index (χ1) is 14.3. The van der Waals surface area contributed by atoms with Crippen molar-refractivity contribution in [2.45, 2.75) is 33.1 Å². The molecule has 5 nitrogen and oxygen atoms in total. The predicted octanol–water partition coefficient (Wildman–Crippen LogP) is 5.59. The third-order valence-corrected chi connectivity index (χ3v) is 5.55. The van der Waals surface area contributed by atoms with Crippen molar-refractivity contribution in [1.82, 2.24) is 0 Å². The molecule has 0 saturated heterocycles. The van der Waals surface area contributed by atoms with Crippen LogP contribution in [0.1, 0.15) is 30.9 Å². The van der Waals surface area contributed by atoms with E-state index in [0.29, 0.717) is 6.54 Å². The number of anilines is 2. The van der Waals surface area contributed by atoms with Crippen LogP contribution in [-0.2, 0) is 6.42 Å². The molecule has 2 aromatic carbocycles. The van der Waals surface area contributed by atoms with Gasteiger partial charge in [-0.3, -0.25) is 4.99 Å². The van der Waals surface area contributed by atoms with Crippen molar-refractivity contribution in [2.24, 2.45) is 16.5 Å². The van der Waals surface area contributed by atoms with E-state index < -0.39 is 0 Å². The molecule has 0 aliphatic carbocycles. The molecule has 0 amide bonds. The molecule has 1 heterocycles. The van der Waals surface area contributed by atoms with Gasteiger partial charge in [0.1, 0.15) is 0 Å². The van der Waals surface area contributed by atoms with Crippen molar-refractivity contribution >= 4 is 40.5 Å². The quantitative estimate of drug-likeness (QED) is 0.255. The maximum atomic E-state index is 6.26. The van der Waals surface area contributed by atoms with Gasteiger partial charge in [-0.25, -0.2) is 0 Å². The molecule has 1 aliphatic heterocycles. The molecule has 0 atom stereocenters. The number of allylic oxidation sites excluding steroid dienone is 4. The number of fused-ring (bicyclic) bond motifs is 1. The van der Waals surface area contributed by atoms with Gasteiger partial charge in [0, 0.05) is 45.8 Å². The Morgan fingerprint density at radius 3 is 2.73 bits per heavy atom. The number of nitrogens with two attached hydrogens (primary N) is 2. The molecule has 0 aromatic heterocycles. The second-order valence-electron chi connectivity index (χ2n) is 7.43. The average molecular weight is 444 g/mol. The summed E-state index contributed by atoms with van der Waals surface area (Å²) in [6.07, 6.45) is 4.66. The van der Waals surface area contributed by atoms with Crippen LogP contribution in [0.3, 0.4) is 0 Å². The zero-order chi connectivity index (χ0) is 21.7. The zero-order valence-electron chi connectivity index (χ0n) is 17.2. The Labute approximate surface area is 187 Å². The van der Waals surface area contributed by atoms with Gasteiger partial charge < -0.3 is 22.1 Å². The Bertz CT molecular complexity index is 1020. The number of nitrogens with zero attached hydrogens (tertiary/aromatic N) is 1. The third-order valence-electron chi connectivity index (χ3n) is 4.91. The molecule has 7 heteroatoms. The van der Waals surface area contributed by atoms with Crippen LogP contribution in [-0.4, -0.2) is 12.5 Å². The summed E-state index contributed by atoms with van der Waals surface area (Å²) in [7, 11) is 0. The number of rotatable bonds is 7. The van der Waals surface area contributed by atoms with Gasteiger partial charge in [0.2, 0.25) is 0 Å². The highest BCUT2D eigenvalue weighted by molar-refractivity contribution is 6.31. The lowest BCUT2D eigenvalue weighted by atomic mass is 10.0. The highest BCUT2D eigenvalue weighted by Crippen LogP contribution is 2.33. The fraction of sp³-hybridized carbons (Fsp3) is 0.261. The fourth-order valence-corrected chi connectivity index (χ4v) is 3.78. The minimum Gasteiger partial charge on any atom is -0.370 e. The fourth-order valence-electron chi connectivity index (χ4n) is 3.41. The van der Waals surface area contributed by atoms with Gasteiger partial charge in [-0.2, -0.15) is 0 Å². The summed E-state index contributed by atoms with van der Waals surface area (Å²) in [4.78, 5) is 4.10. The van der Waals surface area contributed by atoms with Gasteiger partial charge in [0.15, 0.2) is 5.96 Å². The van der Waals surface area contributed by atoms with Crippen molar-refractivity contribution in [3.63, 3.8) is 0 Å². The summed E-state index contributed by atoms with van der Waals surface area (Å²) in [6.45, 7) is 4.62. The molecule has 158 valence electrons. The minimum atomic E-state index is 0.120. The van der Waals surface area contributed by atoms with Gasteiger partial charge in [-0.05, 0) is 79.8 Å². The lowest BCUT2D eigenvalue weighted by molar-refractivity contribution is 0.825. The number of guanidine groups is 1. The Kier molecular flexibility index (Phi) is 7.29. The number of halogens is 2. The van der Waals surface area contributed by atoms with E-state index in [2.05, 4.69) is 21.7 Å². The van der Waals surface area contributed by atoms with Crippen LogP contribution in [0.15, 0.2) is 64.4 Å². The lowest BCUT2D eigenvalue weighted by Crippen LogP contribution is -2.22. The van der Waals surface area contributed by atoms with Crippen LogP contribution in [0.2, 0.25) is 10.0 Å². The van der Waals surface area contributed by atoms with E-state index in [1.54, 1.807) is 0 Å². The van der Waals surface area contributed by atoms with Crippen molar-refractivity contribution in [3.8, 4) is 0 Å². The smallest absolute Gasteiger partial charge is 0.185 e. The Balaban J connectivity index is 1.82. The van der Waals surface area contributed by atoms with E-state index in [9.17, 15) is 0 Å². The lowest BCUT2D eigenvalue weighted by Gasteiger charge is -2.12. The van der Waals surface area contributed by atoms with E-state index >= 15 is 0 Å². The number of aryl methyl sites for hydroxylation is 1. The van der Waals surface area contributed by atoms with Crippen LogP contribution >= 0.6 is 23.2 Å². The second kappa shape index (κ2) is 9.92. The molecule has 6 N–H and O–H groups in total. The standard InChI is InChI=1S/C23H27Cl2N5/c1-14-5-7-19(13-20(14)25)29-15(2)10-16(4-3-9-28-23(26)27)22-12-17-11-18(24)6-8-21(17)30-22/h5-8,10-11,13,29-30H,3-4,9,12H2,1-2H3,(H4,26,27,28)/b15-10+,22-16+. The Hall–Kier alpha value is -2.63. The first-order valence-corrected chi connectivity index (χ1v) is 10.6. The number of hydrogen-bond donors (Lipinski definition) is 4. The van der Waals surface area contributed by atoms with Crippen LogP contribution in [0.4, 0.5) is 11.4 Å². The summed E-state index contributed by atoms with van der Waals surface area (Å²) >= 11 is 12.4. The van der Waals surface area contributed by atoms with Crippen molar-refractivity contribution < 1.29 is 0 Å². The predicted molar refractivity (Wildman–Crippen MR) is 129 cm³/mol. The third kappa shape index (κ3) is 5.94. The van der Waals surface area contributed by atoms with E-state index in [4.69, 9.17) is 34.7 Å². The molecule has 30 heavy (non-hydrogen) atoms. The molecular formula is C23H27Cl2N5. The molecule has 0 fully saturated rings. The molecular weight excluding hydrogens is 417 g/mol. The van der Waals surface area contributed by atoms with Crippen molar-refractivity contribution in [1.29, 1.82) is 0 Å². The number of hydrogen-bond acceptors (Lipinski definition) is 3.